The lowest BCUT2D eigenvalue weighted by molar-refractivity contribution is 0.625. The SMILES string of the molecule is Cc1nnc2c3cc(F)cc([C@@H](C)N)c3cc(-c3cnc(-c4cccc(=O)n4C)nc3)n12. The number of hydrogen-bond acceptors (Lipinski definition) is 6. The van der Waals surface area contributed by atoms with Crippen molar-refractivity contribution in [2.45, 2.75) is 19.9 Å². The van der Waals surface area contributed by atoms with Crippen LogP contribution < -0.4 is 11.3 Å². The molecule has 0 aliphatic heterocycles. The highest BCUT2D eigenvalue weighted by atomic mass is 19.1. The molecule has 2 N–H and O–H groups in total. The second kappa shape index (κ2) is 7.31. The molecule has 0 spiro atoms. The molecule has 0 aliphatic carbocycles. The van der Waals surface area contributed by atoms with E-state index in [1.54, 1.807) is 31.6 Å². The van der Waals surface area contributed by atoms with Crippen LogP contribution in [0.5, 0.6) is 0 Å². The summed E-state index contributed by atoms with van der Waals surface area (Å²) in [6.07, 6.45) is 3.38. The average Bonchev–Trinajstić information content (AvgIpc) is 3.17. The summed E-state index contributed by atoms with van der Waals surface area (Å²) >= 11 is 0. The Kier molecular flexibility index (Phi) is 4.56. The highest BCUT2D eigenvalue weighted by Crippen LogP contribution is 2.33. The van der Waals surface area contributed by atoms with Gasteiger partial charge in [-0.2, -0.15) is 0 Å². The molecule has 0 radical (unpaired) electrons. The lowest BCUT2D eigenvalue weighted by atomic mass is 9.99. The Labute approximate surface area is 182 Å². The summed E-state index contributed by atoms with van der Waals surface area (Å²) in [7, 11) is 1.68. The van der Waals surface area contributed by atoms with E-state index in [0.717, 1.165) is 16.6 Å². The number of fused-ring (bicyclic) bond motifs is 3. The standard InChI is InChI=1S/C23H20FN7O/c1-12(25)16-7-15(24)8-18-17(16)9-20(31-13(2)28-29-23(18)31)14-10-26-22(27-11-14)19-5-4-6-21(32)30(19)3/h4-12H,25H2,1-3H3/t12-/m1/s1. The van der Waals surface area contributed by atoms with Crippen LogP contribution in [0, 0.1) is 12.7 Å². The maximum Gasteiger partial charge on any atom is 0.250 e. The topological polar surface area (TPSA) is 104 Å². The smallest absolute Gasteiger partial charge is 0.250 e. The number of nitrogens with two attached hydrogens (primary N) is 1. The van der Waals surface area contributed by atoms with Crippen LogP contribution in [0.25, 0.3) is 39.2 Å². The zero-order valence-corrected chi connectivity index (χ0v) is 17.7. The van der Waals surface area contributed by atoms with Crippen LogP contribution in [0.4, 0.5) is 4.39 Å². The number of nitrogens with zero attached hydrogens (tertiary/aromatic N) is 6. The summed E-state index contributed by atoms with van der Waals surface area (Å²) in [4.78, 5) is 20.9. The van der Waals surface area contributed by atoms with Crippen LogP contribution in [0.15, 0.2) is 53.6 Å². The van der Waals surface area contributed by atoms with E-state index in [1.165, 1.54) is 22.8 Å². The first-order valence-corrected chi connectivity index (χ1v) is 10.1. The highest BCUT2D eigenvalue weighted by Gasteiger charge is 2.18. The first kappa shape index (κ1) is 20.0. The van der Waals surface area contributed by atoms with Crippen molar-refractivity contribution in [3.8, 4) is 22.8 Å². The Balaban J connectivity index is 1.75. The van der Waals surface area contributed by atoms with Gasteiger partial charge < -0.3 is 10.3 Å². The normalized spacial score (nSPS) is 12.5. The monoisotopic (exact) mass is 429 g/mol. The molecule has 0 unspecified atom stereocenters. The van der Waals surface area contributed by atoms with Gasteiger partial charge in [0.1, 0.15) is 11.6 Å². The van der Waals surface area contributed by atoms with Gasteiger partial charge in [0.15, 0.2) is 11.5 Å². The van der Waals surface area contributed by atoms with Crippen molar-refractivity contribution >= 4 is 16.4 Å². The van der Waals surface area contributed by atoms with E-state index >= 15 is 0 Å². The van der Waals surface area contributed by atoms with Crippen LogP contribution in [0.1, 0.15) is 24.4 Å². The molecule has 4 aromatic heterocycles. The summed E-state index contributed by atoms with van der Waals surface area (Å²) in [5.41, 5.74) is 9.31. The van der Waals surface area contributed by atoms with Crippen molar-refractivity contribution in [2.75, 3.05) is 0 Å². The Hall–Kier alpha value is -3.98. The second-order valence-corrected chi connectivity index (χ2v) is 7.78. The van der Waals surface area contributed by atoms with E-state index in [1.807, 2.05) is 24.3 Å². The van der Waals surface area contributed by atoms with Gasteiger partial charge in [0.25, 0.3) is 5.56 Å². The largest absolute Gasteiger partial charge is 0.324 e. The quantitative estimate of drug-likeness (QED) is 0.472. The molecular weight excluding hydrogens is 409 g/mol. The van der Waals surface area contributed by atoms with Gasteiger partial charge in [0.05, 0.1) is 11.4 Å². The first-order valence-electron chi connectivity index (χ1n) is 10.1. The van der Waals surface area contributed by atoms with Gasteiger partial charge in [-0.15, -0.1) is 10.2 Å². The average molecular weight is 429 g/mol. The zero-order valence-electron chi connectivity index (χ0n) is 17.7. The predicted octanol–water partition coefficient (Wildman–Crippen LogP) is 3.17. The molecule has 32 heavy (non-hydrogen) atoms. The summed E-state index contributed by atoms with van der Waals surface area (Å²) in [6.45, 7) is 3.64. The fourth-order valence-corrected chi connectivity index (χ4v) is 3.98. The van der Waals surface area contributed by atoms with Crippen LogP contribution in [-0.4, -0.2) is 29.1 Å². The fourth-order valence-electron chi connectivity index (χ4n) is 3.98. The third-order valence-electron chi connectivity index (χ3n) is 5.62. The molecule has 160 valence electrons. The molecule has 1 atom stereocenters. The molecule has 0 fully saturated rings. The molecule has 5 rings (SSSR count). The molecular formula is C23H20FN7O. The van der Waals surface area contributed by atoms with Gasteiger partial charge in [-0.3, -0.25) is 9.20 Å². The van der Waals surface area contributed by atoms with Crippen molar-refractivity contribution < 1.29 is 4.39 Å². The van der Waals surface area contributed by atoms with Crippen molar-refractivity contribution in [3.05, 3.63) is 76.4 Å². The number of pyridine rings is 2. The van der Waals surface area contributed by atoms with Crippen LogP contribution in [-0.2, 0) is 7.05 Å². The molecule has 4 heterocycles. The van der Waals surface area contributed by atoms with E-state index in [2.05, 4.69) is 20.2 Å². The Bertz CT molecular complexity index is 1550. The van der Waals surface area contributed by atoms with Gasteiger partial charge in [-0.1, -0.05) is 6.07 Å². The summed E-state index contributed by atoms with van der Waals surface area (Å²) in [5, 5.41) is 9.92. The number of aromatic nitrogens is 6. The third-order valence-corrected chi connectivity index (χ3v) is 5.62. The van der Waals surface area contributed by atoms with Gasteiger partial charge in [0, 0.05) is 42.5 Å². The summed E-state index contributed by atoms with van der Waals surface area (Å²) < 4.78 is 17.7. The molecule has 8 nitrogen and oxygen atoms in total. The molecule has 9 heteroatoms. The van der Waals surface area contributed by atoms with E-state index in [-0.39, 0.29) is 17.4 Å². The molecule has 0 aliphatic rings. The van der Waals surface area contributed by atoms with Crippen LogP contribution in [0.3, 0.4) is 0 Å². The Morgan fingerprint density at radius 2 is 1.78 bits per heavy atom. The fraction of sp³-hybridized carbons (Fsp3) is 0.174. The number of rotatable bonds is 3. The molecule has 0 amide bonds. The molecule has 1 aromatic carbocycles. The number of aryl methyl sites for hydroxylation is 1. The molecule has 0 bridgehead atoms. The molecule has 0 saturated heterocycles. The van der Waals surface area contributed by atoms with E-state index in [0.29, 0.717) is 33.9 Å². The molecule has 5 aromatic rings. The minimum Gasteiger partial charge on any atom is -0.324 e. The first-order chi connectivity index (χ1) is 15.3. The third kappa shape index (κ3) is 3.05. The molecule has 0 saturated carbocycles. The minimum absolute atomic E-state index is 0.137. The van der Waals surface area contributed by atoms with Gasteiger partial charge in [-0.05, 0) is 49.1 Å². The van der Waals surface area contributed by atoms with E-state index in [9.17, 15) is 9.18 Å². The minimum atomic E-state index is -0.374. The lowest BCUT2D eigenvalue weighted by Gasteiger charge is -2.15. The van der Waals surface area contributed by atoms with Gasteiger partial charge >= 0.3 is 0 Å². The Morgan fingerprint density at radius 1 is 1.03 bits per heavy atom. The number of hydrogen-bond donors (Lipinski definition) is 1. The summed E-state index contributed by atoms with van der Waals surface area (Å²) in [6, 6.07) is 9.42. The van der Waals surface area contributed by atoms with Crippen LogP contribution in [0.2, 0.25) is 0 Å². The van der Waals surface area contributed by atoms with Gasteiger partial charge in [0.2, 0.25) is 0 Å². The highest BCUT2D eigenvalue weighted by molar-refractivity contribution is 5.99. The predicted molar refractivity (Wildman–Crippen MR) is 119 cm³/mol. The Morgan fingerprint density at radius 3 is 2.50 bits per heavy atom. The number of halogens is 1. The van der Waals surface area contributed by atoms with Crippen LogP contribution >= 0.6 is 0 Å². The van der Waals surface area contributed by atoms with E-state index in [4.69, 9.17) is 5.73 Å². The van der Waals surface area contributed by atoms with Crippen molar-refractivity contribution in [1.29, 1.82) is 0 Å². The summed E-state index contributed by atoms with van der Waals surface area (Å²) in [5.74, 6) is 0.712. The second-order valence-electron chi connectivity index (χ2n) is 7.78. The van der Waals surface area contributed by atoms with Crippen molar-refractivity contribution in [2.24, 2.45) is 12.8 Å². The zero-order chi connectivity index (χ0) is 22.6. The number of benzene rings is 1. The van der Waals surface area contributed by atoms with Crippen molar-refractivity contribution in [3.63, 3.8) is 0 Å². The van der Waals surface area contributed by atoms with Crippen molar-refractivity contribution in [1.82, 2.24) is 29.1 Å². The van der Waals surface area contributed by atoms with Gasteiger partial charge in [-0.25, -0.2) is 14.4 Å². The van der Waals surface area contributed by atoms with E-state index < -0.39 is 0 Å². The maximum atomic E-state index is 14.3. The lowest BCUT2D eigenvalue weighted by Crippen LogP contribution is -2.17. The maximum absolute atomic E-state index is 14.3.